The predicted molar refractivity (Wildman–Crippen MR) is 66.3 cm³/mol. The predicted octanol–water partition coefficient (Wildman–Crippen LogP) is 2.26. The number of carbonyl (C=O) groups is 1. The van der Waals surface area contributed by atoms with E-state index in [1.165, 1.54) is 0 Å². The standard InChI is InChI=1S/C12H12N2OS/c13-11-6-2-1-5-10(11)12(15)14-8-9-4-3-7-16-9/h1-7H,8,13H2,(H,14,15). The van der Waals surface area contributed by atoms with Crippen LogP contribution in [0.15, 0.2) is 41.8 Å². The molecule has 0 atom stereocenters. The van der Waals surface area contributed by atoms with Gasteiger partial charge in [0.25, 0.3) is 5.91 Å². The van der Waals surface area contributed by atoms with Crippen molar-refractivity contribution in [2.75, 3.05) is 5.73 Å². The maximum absolute atomic E-state index is 11.8. The van der Waals surface area contributed by atoms with Gasteiger partial charge in [0.15, 0.2) is 0 Å². The van der Waals surface area contributed by atoms with Gasteiger partial charge in [0.1, 0.15) is 0 Å². The third-order valence-electron chi connectivity index (χ3n) is 2.21. The Morgan fingerprint density at radius 1 is 1.25 bits per heavy atom. The van der Waals surface area contributed by atoms with Crippen LogP contribution in [0.4, 0.5) is 5.69 Å². The van der Waals surface area contributed by atoms with Crippen molar-refractivity contribution in [3.05, 3.63) is 52.2 Å². The molecule has 0 aliphatic carbocycles. The fourth-order valence-corrected chi connectivity index (χ4v) is 2.02. The fourth-order valence-electron chi connectivity index (χ4n) is 1.38. The summed E-state index contributed by atoms with van der Waals surface area (Å²) in [6.07, 6.45) is 0. The summed E-state index contributed by atoms with van der Waals surface area (Å²) in [6, 6.07) is 11.0. The van der Waals surface area contributed by atoms with Gasteiger partial charge in [0.05, 0.1) is 12.1 Å². The minimum Gasteiger partial charge on any atom is -0.398 e. The lowest BCUT2D eigenvalue weighted by atomic mass is 10.1. The van der Waals surface area contributed by atoms with Gasteiger partial charge in [-0.3, -0.25) is 4.79 Å². The van der Waals surface area contributed by atoms with Crippen LogP contribution in [0.3, 0.4) is 0 Å². The summed E-state index contributed by atoms with van der Waals surface area (Å²) in [5.74, 6) is -0.133. The monoisotopic (exact) mass is 232 g/mol. The van der Waals surface area contributed by atoms with E-state index in [1.807, 2.05) is 23.6 Å². The number of nitrogens with one attached hydrogen (secondary N) is 1. The molecule has 0 unspecified atom stereocenters. The molecule has 0 fully saturated rings. The summed E-state index contributed by atoms with van der Waals surface area (Å²) in [7, 11) is 0. The normalized spacial score (nSPS) is 10.0. The smallest absolute Gasteiger partial charge is 0.253 e. The van der Waals surface area contributed by atoms with E-state index in [9.17, 15) is 4.79 Å². The van der Waals surface area contributed by atoms with Crippen molar-refractivity contribution in [1.82, 2.24) is 5.32 Å². The number of thiophene rings is 1. The van der Waals surface area contributed by atoms with Crippen molar-refractivity contribution < 1.29 is 4.79 Å². The summed E-state index contributed by atoms with van der Waals surface area (Å²) in [5.41, 5.74) is 6.74. The van der Waals surface area contributed by atoms with E-state index in [1.54, 1.807) is 29.5 Å². The van der Waals surface area contributed by atoms with Gasteiger partial charge < -0.3 is 11.1 Å². The first-order valence-corrected chi connectivity index (χ1v) is 5.80. The van der Waals surface area contributed by atoms with Crippen LogP contribution in [0.25, 0.3) is 0 Å². The van der Waals surface area contributed by atoms with E-state index < -0.39 is 0 Å². The first kappa shape index (κ1) is 10.7. The zero-order chi connectivity index (χ0) is 11.4. The lowest BCUT2D eigenvalue weighted by Crippen LogP contribution is -2.23. The Morgan fingerprint density at radius 3 is 2.75 bits per heavy atom. The van der Waals surface area contributed by atoms with Gasteiger partial charge in [0.2, 0.25) is 0 Å². The Morgan fingerprint density at radius 2 is 2.06 bits per heavy atom. The van der Waals surface area contributed by atoms with Crippen LogP contribution in [0.2, 0.25) is 0 Å². The summed E-state index contributed by atoms with van der Waals surface area (Å²) < 4.78 is 0. The molecule has 3 N–H and O–H groups in total. The van der Waals surface area contributed by atoms with Crippen LogP contribution in [0.1, 0.15) is 15.2 Å². The molecule has 0 saturated carbocycles. The van der Waals surface area contributed by atoms with Crippen LogP contribution < -0.4 is 11.1 Å². The molecular weight excluding hydrogens is 220 g/mol. The lowest BCUT2D eigenvalue weighted by molar-refractivity contribution is 0.0952. The van der Waals surface area contributed by atoms with E-state index in [0.29, 0.717) is 17.8 Å². The minimum absolute atomic E-state index is 0.133. The van der Waals surface area contributed by atoms with Crippen LogP contribution in [-0.2, 0) is 6.54 Å². The number of carbonyl (C=O) groups excluding carboxylic acids is 1. The zero-order valence-electron chi connectivity index (χ0n) is 8.64. The molecular formula is C12H12N2OS. The number of nitrogens with two attached hydrogens (primary N) is 1. The number of nitrogen functional groups attached to an aromatic ring is 1. The number of para-hydroxylation sites is 1. The lowest BCUT2D eigenvalue weighted by Gasteiger charge is -2.05. The van der Waals surface area contributed by atoms with Gasteiger partial charge in [-0.2, -0.15) is 0 Å². The quantitative estimate of drug-likeness (QED) is 0.797. The third-order valence-corrected chi connectivity index (χ3v) is 3.09. The molecule has 0 radical (unpaired) electrons. The third kappa shape index (κ3) is 2.41. The molecule has 4 heteroatoms. The number of benzene rings is 1. The van der Waals surface area contributed by atoms with Crippen LogP contribution in [0, 0.1) is 0 Å². The van der Waals surface area contributed by atoms with Crippen LogP contribution >= 0.6 is 11.3 Å². The largest absolute Gasteiger partial charge is 0.398 e. The van der Waals surface area contributed by atoms with Crippen LogP contribution in [0.5, 0.6) is 0 Å². The number of amides is 1. The molecule has 2 rings (SSSR count). The molecule has 1 aromatic heterocycles. The molecule has 3 nitrogen and oxygen atoms in total. The Balaban J connectivity index is 2.01. The van der Waals surface area contributed by atoms with E-state index in [-0.39, 0.29) is 5.91 Å². The van der Waals surface area contributed by atoms with Crippen molar-refractivity contribution in [1.29, 1.82) is 0 Å². The number of anilines is 1. The maximum Gasteiger partial charge on any atom is 0.253 e. The van der Waals surface area contributed by atoms with Gasteiger partial charge in [-0.1, -0.05) is 18.2 Å². The maximum atomic E-state index is 11.8. The highest BCUT2D eigenvalue weighted by Crippen LogP contribution is 2.11. The SMILES string of the molecule is Nc1ccccc1C(=O)NCc1cccs1. The van der Waals surface area contributed by atoms with Gasteiger partial charge in [0, 0.05) is 10.6 Å². The summed E-state index contributed by atoms with van der Waals surface area (Å²) in [6.45, 7) is 0.546. The van der Waals surface area contributed by atoms with E-state index >= 15 is 0 Å². The molecule has 0 spiro atoms. The van der Waals surface area contributed by atoms with Gasteiger partial charge in [-0.25, -0.2) is 0 Å². The second-order valence-electron chi connectivity index (χ2n) is 3.35. The number of hydrogen-bond donors (Lipinski definition) is 2. The van der Waals surface area contributed by atoms with Crippen molar-refractivity contribution in [2.24, 2.45) is 0 Å². The highest BCUT2D eigenvalue weighted by Gasteiger charge is 2.07. The van der Waals surface area contributed by atoms with E-state index in [4.69, 9.17) is 5.73 Å². The molecule has 0 bridgehead atoms. The van der Waals surface area contributed by atoms with Crippen molar-refractivity contribution >= 4 is 22.9 Å². The van der Waals surface area contributed by atoms with Gasteiger partial charge in [-0.15, -0.1) is 11.3 Å². The summed E-state index contributed by atoms with van der Waals surface area (Å²) in [4.78, 5) is 12.9. The molecule has 0 aliphatic rings. The Kier molecular flexibility index (Phi) is 3.22. The molecule has 1 heterocycles. The van der Waals surface area contributed by atoms with Crippen molar-refractivity contribution in [3.8, 4) is 0 Å². The molecule has 82 valence electrons. The Hall–Kier alpha value is -1.81. The van der Waals surface area contributed by atoms with E-state index in [2.05, 4.69) is 5.32 Å². The average molecular weight is 232 g/mol. The van der Waals surface area contributed by atoms with Crippen LogP contribution in [-0.4, -0.2) is 5.91 Å². The Labute approximate surface area is 97.9 Å². The summed E-state index contributed by atoms with van der Waals surface area (Å²) in [5, 5.41) is 4.82. The van der Waals surface area contributed by atoms with Crippen molar-refractivity contribution in [3.63, 3.8) is 0 Å². The highest BCUT2D eigenvalue weighted by atomic mass is 32.1. The number of rotatable bonds is 3. The average Bonchev–Trinajstić information content (AvgIpc) is 2.79. The number of hydrogen-bond acceptors (Lipinski definition) is 3. The molecule has 0 saturated heterocycles. The van der Waals surface area contributed by atoms with Gasteiger partial charge in [-0.05, 0) is 23.6 Å². The second kappa shape index (κ2) is 4.81. The van der Waals surface area contributed by atoms with E-state index in [0.717, 1.165) is 4.88 Å². The highest BCUT2D eigenvalue weighted by molar-refractivity contribution is 7.09. The molecule has 2 aromatic rings. The second-order valence-corrected chi connectivity index (χ2v) is 4.38. The molecule has 1 aromatic carbocycles. The summed E-state index contributed by atoms with van der Waals surface area (Å²) >= 11 is 1.62. The van der Waals surface area contributed by atoms with Gasteiger partial charge >= 0.3 is 0 Å². The molecule has 16 heavy (non-hydrogen) atoms. The molecule has 0 aliphatic heterocycles. The van der Waals surface area contributed by atoms with Crippen molar-refractivity contribution in [2.45, 2.75) is 6.54 Å². The zero-order valence-corrected chi connectivity index (χ0v) is 9.46. The topological polar surface area (TPSA) is 55.1 Å². The minimum atomic E-state index is -0.133. The first-order chi connectivity index (χ1) is 7.77. The fraction of sp³-hybridized carbons (Fsp3) is 0.0833. The Bertz CT molecular complexity index is 480. The first-order valence-electron chi connectivity index (χ1n) is 4.92. The molecule has 1 amide bonds.